The van der Waals surface area contributed by atoms with Crippen molar-refractivity contribution in [2.75, 3.05) is 26.7 Å². The lowest BCUT2D eigenvalue weighted by Gasteiger charge is -2.18. The van der Waals surface area contributed by atoms with E-state index in [2.05, 4.69) is 0 Å². The lowest BCUT2D eigenvalue weighted by Crippen LogP contribution is -2.30. The molecule has 1 aromatic carbocycles. The summed E-state index contributed by atoms with van der Waals surface area (Å²) in [4.78, 5) is 2.04. The van der Waals surface area contributed by atoms with E-state index in [0.717, 1.165) is 17.9 Å². The number of ether oxygens (including phenoxy) is 1. The Labute approximate surface area is 103 Å². The Balaban J connectivity index is 2.30. The first-order valence-corrected chi connectivity index (χ1v) is 5.90. The molecule has 1 aromatic rings. The highest BCUT2D eigenvalue weighted by atomic mass is 16.5. The largest absolute Gasteiger partial charge is 0.492 e. The SMILES string of the molecule is CC(O)CN(C)CCOc1cccc(CN)c1. The van der Waals surface area contributed by atoms with Gasteiger partial charge >= 0.3 is 0 Å². The van der Waals surface area contributed by atoms with Crippen LogP contribution in [0.2, 0.25) is 0 Å². The van der Waals surface area contributed by atoms with Gasteiger partial charge in [0.2, 0.25) is 0 Å². The molecule has 0 radical (unpaired) electrons. The Morgan fingerprint density at radius 1 is 1.47 bits per heavy atom. The Morgan fingerprint density at radius 2 is 2.24 bits per heavy atom. The van der Waals surface area contributed by atoms with E-state index in [1.165, 1.54) is 0 Å². The molecule has 0 bridgehead atoms. The number of nitrogens with two attached hydrogens (primary N) is 1. The maximum atomic E-state index is 9.21. The quantitative estimate of drug-likeness (QED) is 0.739. The fourth-order valence-electron chi connectivity index (χ4n) is 1.62. The topological polar surface area (TPSA) is 58.7 Å². The van der Waals surface area contributed by atoms with Crippen LogP contribution >= 0.6 is 0 Å². The van der Waals surface area contributed by atoms with Gasteiger partial charge in [0.25, 0.3) is 0 Å². The first kappa shape index (κ1) is 14.0. The van der Waals surface area contributed by atoms with Gasteiger partial charge in [0, 0.05) is 19.6 Å². The predicted molar refractivity (Wildman–Crippen MR) is 69.0 cm³/mol. The summed E-state index contributed by atoms with van der Waals surface area (Å²) in [6.45, 7) is 4.36. The third kappa shape index (κ3) is 5.68. The van der Waals surface area contributed by atoms with Gasteiger partial charge < -0.3 is 20.5 Å². The molecule has 0 amide bonds. The zero-order valence-corrected chi connectivity index (χ0v) is 10.6. The molecule has 0 aliphatic carbocycles. The Bertz CT molecular complexity index is 329. The minimum Gasteiger partial charge on any atom is -0.492 e. The van der Waals surface area contributed by atoms with E-state index < -0.39 is 0 Å². The molecule has 1 atom stereocenters. The average Bonchev–Trinajstić information content (AvgIpc) is 2.28. The highest BCUT2D eigenvalue weighted by molar-refractivity contribution is 5.28. The van der Waals surface area contributed by atoms with Crippen molar-refractivity contribution in [2.45, 2.75) is 19.6 Å². The summed E-state index contributed by atoms with van der Waals surface area (Å²) in [7, 11) is 1.96. The van der Waals surface area contributed by atoms with Crippen molar-refractivity contribution in [1.29, 1.82) is 0 Å². The molecule has 0 aliphatic heterocycles. The molecule has 1 rings (SSSR count). The fourth-order valence-corrected chi connectivity index (χ4v) is 1.62. The molecule has 0 aromatic heterocycles. The molecule has 96 valence electrons. The minimum atomic E-state index is -0.305. The highest BCUT2D eigenvalue weighted by Gasteiger charge is 2.03. The summed E-state index contributed by atoms with van der Waals surface area (Å²) < 4.78 is 5.62. The van der Waals surface area contributed by atoms with Crippen LogP contribution in [-0.2, 0) is 6.54 Å². The van der Waals surface area contributed by atoms with Crippen molar-refractivity contribution in [1.82, 2.24) is 4.90 Å². The van der Waals surface area contributed by atoms with Gasteiger partial charge in [-0.3, -0.25) is 0 Å². The monoisotopic (exact) mass is 238 g/mol. The molecule has 0 saturated heterocycles. The molecule has 4 heteroatoms. The van der Waals surface area contributed by atoms with E-state index in [4.69, 9.17) is 10.5 Å². The zero-order valence-electron chi connectivity index (χ0n) is 10.6. The van der Waals surface area contributed by atoms with Gasteiger partial charge in [0.05, 0.1) is 6.10 Å². The lowest BCUT2D eigenvalue weighted by atomic mass is 10.2. The number of aliphatic hydroxyl groups is 1. The number of likely N-dealkylation sites (N-methyl/N-ethyl adjacent to an activating group) is 1. The Kier molecular flexibility index (Phi) is 5.97. The number of aliphatic hydroxyl groups excluding tert-OH is 1. The van der Waals surface area contributed by atoms with Crippen molar-refractivity contribution >= 4 is 0 Å². The first-order valence-electron chi connectivity index (χ1n) is 5.90. The highest BCUT2D eigenvalue weighted by Crippen LogP contribution is 2.12. The number of hydrogen-bond donors (Lipinski definition) is 2. The van der Waals surface area contributed by atoms with Crippen LogP contribution in [0.25, 0.3) is 0 Å². The van der Waals surface area contributed by atoms with E-state index >= 15 is 0 Å². The molecular formula is C13H22N2O2. The summed E-state index contributed by atoms with van der Waals surface area (Å²) in [5.41, 5.74) is 6.63. The molecule has 0 aliphatic rings. The second-order valence-electron chi connectivity index (χ2n) is 4.31. The van der Waals surface area contributed by atoms with Crippen LogP contribution in [-0.4, -0.2) is 42.9 Å². The van der Waals surface area contributed by atoms with Crippen LogP contribution in [0.5, 0.6) is 5.75 Å². The number of hydrogen-bond acceptors (Lipinski definition) is 4. The Hall–Kier alpha value is -1.10. The molecule has 3 N–H and O–H groups in total. The van der Waals surface area contributed by atoms with Crippen molar-refractivity contribution < 1.29 is 9.84 Å². The standard InChI is InChI=1S/C13H22N2O2/c1-11(16)10-15(2)6-7-17-13-5-3-4-12(8-13)9-14/h3-5,8,11,16H,6-7,9-10,14H2,1-2H3. The van der Waals surface area contributed by atoms with Gasteiger partial charge in [0.15, 0.2) is 0 Å². The fraction of sp³-hybridized carbons (Fsp3) is 0.538. The average molecular weight is 238 g/mol. The van der Waals surface area contributed by atoms with Gasteiger partial charge in [-0.2, -0.15) is 0 Å². The van der Waals surface area contributed by atoms with Crippen LogP contribution in [0.4, 0.5) is 0 Å². The number of benzene rings is 1. The molecule has 0 saturated carbocycles. The maximum Gasteiger partial charge on any atom is 0.119 e. The maximum absolute atomic E-state index is 9.21. The summed E-state index contributed by atoms with van der Waals surface area (Å²) in [6.07, 6.45) is -0.305. The Morgan fingerprint density at radius 3 is 2.88 bits per heavy atom. The molecule has 17 heavy (non-hydrogen) atoms. The zero-order chi connectivity index (χ0) is 12.7. The molecule has 0 spiro atoms. The van der Waals surface area contributed by atoms with Gasteiger partial charge in [0.1, 0.15) is 12.4 Å². The van der Waals surface area contributed by atoms with Crippen LogP contribution < -0.4 is 10.5 Å². The smallest absolute Gasteiger partial charge is 0.119 e. The summed E-state index contributed by atoms with van der Waals surface area (Å²) >= 11 is 0. The third-order valence-corrected chi connectivity index (χ3v) is 2.45. The molecule has 1 unspecified atom stereocenters. The molecular weight excluding hydrogens is 216 g/mol. The lowest BCUT2D eigenvalue weighted by molar-refractivity contribution is 0.131. The van der Waals surface area contributed by atoms with Crippen molar-refractivity contribution in [3.05, 3.63) is 29.8 Å². The second kappa shape index (κ2) is 7.27. The van der Waals surface area contributed by atoms with E-state index in [0.29, 0.717) is 19.7 Å². The van der Waals surface area contributed by atoms with Crippen molar-refractivity contribution in [3.63, 3.8) is 0 Å². The van der Waals surface area contributed by atoms with E-state index in [1.807, 2.05) is 36.2 Å². The van der Waals surface area contributed by atoms with Gasteiger partial charge in [-0.05, 0) is 31.7 Å². The van der Waals surface area contributed by atoms with Gasteiger partial charge in [-0.25, -0.2) is 0 Å². The third-order valence-electron chi connectivity index (χ3n) is 2.45. The molecule has 4 nitrogen and oxygen atoms in total. The van der Waals surface area contributed by atoms with E-state index in [1.54, 1.807) is 6.92 Å². The summed E-state index contributed by atoms with van der Waals surface area (Å²) in [5.74, 6) is 0.846. The normalized spacial score (nSPS) is 12.8. The van der Waals surface area contributed by atoms with Gasteiger partial charge in [-0.1, -0.05) is 12.1 Å². The van der Waals surface area contributed by atoms with E-state index in [9.17, 15) is 5.11 Å². The van der Waals surface area contributed by atoms with Gasteiger partial charge in [-0.15, -0.1) is 0 Å². The minimum absolute atomic E-state index is 0.305. The second-order valence-corrected chi connectivity index (χ2v) is 4.31. The summed E-state index contributed by atoms with van der Waals surface area (Å²) in [6, 6.07) is 7.80. The molecule has 0 heterocycles. The van der Waals surface area contributed by atoms with Crippen LogP contribution in [0.15, 0.2) is 24.3 Å². The molecule has 0 fully saturated rings. The number of nitrogens with zero attached hydrogens (tertiary/aromatic N) is 1. The van der Waals surface area contributed by atoms with Crippen LogP contribution in [0, 0.1) is 0 Å². The van der Waals surface area contributed by atoms with Crippen LogP contribution in [0.3, 0.4) is 0 Å². The first-order chi connectivity index (χ1) is 8.11. The van der Waals surface area contributed by atoms with Crippen molar-refractivity contribution in [2.24, 2.45) is 5.73 Å². The number of rotatable bonds is 7. The van der Waals surface area contributed by atoms with Crippen LogP contribution in [0.1, 0.15) is 12.5 Å². The summed E-state index contributed by atoms with van der Waals surface area (Å²) in [5, 5.41) is 9.21. The predicted octanol–water partition coefficient (Wildman–Crippen LogP) is 0.837. The van der Waals surface area contributed by atoms with E-state index in [-0.39, 0.29) is 6.10 Å². The van der Waals surface area contributed by atoms with Crippen molar-refractivity contribution in [3.8, 4) is 5.75 Å².